The van der Waals surface area contributed by atoms with Crippen LogP contribution in [0.25, 0.3) is 112 Å². The third kappa shape index (κ3) is 28.4. The monoisotopic (exact) mass is 2020 g/mol. The molecule has 20 rings (SSSR count). The molecule has 29 nitrogen and oxygen atoms in total. The molecule has 764 valence electrons. The number of carboxylic acids is 2. The van der Waals surface area contributed by atoms with E-state index in [0.29, 0.717) is 126 Å². The molecule has 10 aromatic heterocycles. The van der Waals surface area contributed by atoms with Gasteiger partial charge in [0.25, 0.3) is 0 Å². The zero-order chi connectivity index (χ0) is 104. The Kier molecular flexibility index (Phi) is 36.0. The van der Waals surface area contributed by atoms with Gasteiger partial charge in [-0.1, -0.05) is 121 Å². The van der Waals surface area contributed by atoms with Gasteiger partial charge in [0.05, 0.1) is 136 Å². The molecule has 10 aromatic carbocycles. The first-order valence-corrected chi connectivity index (χ1v) is 50.3. The average Bonchev–Trinajstić information content (AvgIpc) is 1.61. The summed E-state index contributed by atoms with van der Waals surface area (Å²) in [6.45, 7) is 19.7. The van der Waals surface area contributed by atoms with Gasteiger partial charge in [-0.2, -0.15) is 10.2 Å². The van der Waals surface area contributed by atoms with E-state index in [1.165, 1.54) is 0 Å². The number of carbonyl (C=O) groups is 5. The number of oxazole rings is 5. The fraction of sp³-hybridized carbons (Fsp3) is 0.261. The average molecular weight is 2020 g/mol. The number of Topliss-reactive ketones (excluding diaryl/α,β-unsaturated/α-hetero) is 3. The van der Waals surface area contributed by atoms with Gasteiger partial charge in [-0.3, -0.25) is 28.5 Å². The zero-order valence-electron chi connectivity index (χ0n) is 84.7. The van der Waals surface area contributed by atoms with Crippen LogP contribution in [-0.2, 0) is 88.8 Å². The van der Waals surface area contributed by atoms with Gasteiger partial charge >= 0.3 is 11.9 Å². The van der Waals surface area contributed by atoms with E-state index < -0.39 is 11.9 Å². The highest BCUT2D eigenvalue weighted by atomic mass is 35.5. The molecule has 0 bridgehead atoms. The van der Waals surface area contributed by atoms with Crippen LogP contribution in [-0.4, -0.2) is 131 Å². The molecule has 2 N–H and O–H groups in total. The number of ketones is 3. The lowest BCUT2D eigenvalue weighted by Crippen LogP contribution is -2.07. The first-order chi connectivity index (χ1) is 72.4. The van der Waals surface area contributed by atoms with Gasteiger partial charge in [-0.05, 0) is 238 Å². The van der Waals surface area contributed by atoms with Gasteiger partial charge < -0.3 is 74.5 Å². The molecule has 0 atom stereocenters. The zero-order valence-corrected chi connectivity index (χ0v) is 85.4. The molecular weight excluding hydrogens is 1900 g/mol. The predicted octanol–water partition coefficient (Wildman–Crippen LogP) is 25.6. The lowest BCUT2D eigenvalue weighted by molar-refractivity contribution is -0.138. The Hall–Kier alpha value is -17.0. The Morgan fingerprint density at radius 2 is 0.678 bits per heavy atom. The van der Waals surface area contributed by atoms with Crippen LogP contribution in [0.15, 0.2) is 308 Å². The fourth-order valence-electron chi connectivity index (χ4n) is 17.2. The SMILES string of the molecule is CC(=O)CCCn1ncc2c(OCCCc3nc(-c4ccccc4)oc3C)cccc21.CC(=O)CCn1cc(Cl)c2c(OCCc3nc(-c4ccccc4)oc3C)cccc21.CC(=O)Cn1ncc2c(OCCCc3nc(-c4ccccc4)oc3C)cccc21.Cc1oc(-c2ccccc2)nc1CCOc1ccc2ccn(CCC(=O)O)c2c1.Cc1oc(-c2ccccc2)nc1CCOc1ccc2ccn(CCCC(=O)O)c2c1. The maximum atomic E-state index is 11.4. The van der Waals surface area contributed by atoms with Crippen molar-refractivity contribution in [2.75, 3.05) is 33.0 Å². The maximum Gasteiger partial charge on any atom is 0.305 e. The molecule has 20 aromatic rings. The number of aryl methyl sites for hydroxylation is 11. The Labute approximate surface area is 867 Å². The van der Waals surface area contributed by atoms with Crippen molar-refractivity contribution in [3.05, 3.63) is 348 Å². The van der Waals surface area contributed by atoms with E-state index >= 15 is 0 Å². The predicted molar refractivity (Wildman–Crippen MR) is 574 cm³/mol. The third-order valence-corrected chi connectivity index (χ3v) is 25.2. The number of aliphatic carboxylic acids is 2. The fourth-order valence-corrected chi connectivity index (χ4v) is 17.5. The van der Waals surface area contributed by atoms with E-state index in [9.17, 15) is 24.0 Å². The molecule has 0 radical (unpaired) electrons. The number of hydrogen-bond donors (Lipinski definition) is 2. The molecule has 0 saturated carbocycles. The number of rotatable bonds is 43. The molecule has 0 amide bonds. The summed E-state index contributed by atoms with van der Waals surface area (Å²) in [7, 11) is 0. The van der Waals surface area contributed by atoms with Crippen molar-refractivity contribution in [1.82, 2.24) is 58.2 Å². The van der Waals surface area contributed by atoms with E-state index in [1.807, 2.05) is 328 Å². The number of fused-ring (bicyclic) bond motifs is 5. The second-order valence-electron chi connectivity index (χ2n) is 36.1. The van der Waals surface area contributed by atoms with Crippen LogP contribution in [0.5, 0.6) is 28.7 Å². The number of carbonyl (C=O) groups excluding carboxylic acids is 3. The highest BCUT2D eigenvalue weighted by molar-refractivity contribution is 6.36. The quantitative estimate of drug-likeness (QED) is 0.0335. The van der Waals surface area contributed by atoms with Gasteiger partial charge in [0.2, 0.25) is 29.5 Å². The molecule has 149 heavy (non-hydrogen) atoms. The smallest absolute Gasteiger partial charge is 0.305 e. The van der Waals surface area contributed by atoms with E-state index in [-0.39, 0.29) is 36.7 Å². The van der Waals surface area contributed by atoms with Gasteiger partial charge in [-0.25, -0.2) is 24.9 Å². The minimum Gasteiger partial charge on any atom is -0.493 e. The topological polar surface area (TPSA) is 353 Å². The second-order valence-corrected chi connectivity index (χ2v) is 36.5. The first-order valence-electron chi connectivity index (χ1n) is 49.9. The van der Waals surface area contributed by atoms with Crippen molar-refractivity contribution in [1.29, 1.82) is 0 Å². The van der Waals surface area contributed by atoms with Gasteiger partial charge in [0.15, 0.2) is 5.78 Å². The molecule has 30 heteroatoms. The number of carboxylic acid groups (broad SMARTS) is 2. The lowest BCUT2D eigenvalue weighted by atomic mass is 10.2. The number of benzene rings is 10. The van der Waals surface area contributed by atoms with Crippen LogP contribution in [0.4, 0.5) is 0 Å². The summed E-state index contributed by atoms with van der Waals surface area (Å²) in [6.07, 6.45) is 17.2. The number of ether oxygens (including phenoxy) is 5. The van der Waals surface area contributed by atoms with Crippen LogP contribution < -0.4 is 23.7 Å². The van der Waals surface area contributed by atoms with Gasteiger partial charge in [-0.15, -0.1) is 0 Å². The molecule has 10 heterocycles. The van der Waals surface area contributed by atoms with Crippen LogP contribution in [0, 0.1) is 34.6 Å². The Bertz CT molecular complexity index is 7880. The minimum absolute atomic E-state index is 0.0687. The summed E-state index contributed by atoms with van der Waals surface area (Å²) in [5, 5.41) is 32.1. The second kappa shape index (κ2) is 51.2. The Morgan fingerprint density at radius 1 is 0.322 bits per heavy atom. The van der Waals surface area contributed by atoms with E-state index in [4.69, 9.17) is 67.6 Å². The summed E-state index contributed by atoms with van der Waals surface area (Å²) >= 11 is 6.48. The molecule has 0 unspecified atom stereocenters. The summed E-state index contributed by atoms with van der Waals surface area (Å²) < 4.78 is 68.7. The normalized spacial score (nSPS) is 11.1. The Morgan fingerprint density at radius 3 is 1.08 bits per heavy atom. The molecule has 0 spiro atoms. The lowest BCUT2D eigenvalue weighted by Gasteiger charge is -2.08. The van der Waals surface area contributed by atoms with Gasteiger partial charge in [0.1, 0.15) is 69.1 Å². The van der Waals surface area contributed by atoms with Crippen LogP contribution in [0.2, 0.25) is 5.02 Å². The molecular formula is C119H119ClN12O17. The van der Waals surface area contributed by atoms with Crippen molar-refractivity contribution in [3.63, 3.8) is 0 Å². The van der Waals surface area contributed by atoms with Crippen molar-refractivity contribution in [3.8, 4) is 86.0 Å². The molecule has 0 aliphatic rings. The molecule has 0 aliphatic heterocycles. The van der Waals surface area contributed by atoms with E-state index in [0.717, 1.165) is 207 Å². The van der Waals surface area contributed by atoms with Crippen molar-refractivity contribution in [2.24, 2.45) is 0 Å². The van der Waals surface area contributed by atoms with E-state index in [2.05, 4.69) is 39.7 Å². The van der Waals surface area contributed by atoms with Crippen molar-refractivity contribution in [2.45, 2.75) is 172 Å². The Balaban J connectivity index is 0.000000133. The van der Waals surface area contributed by atoms with Crippen LogP contribution in [0.3, 0.4) is 0 Å². The van der Waals surface area contributed by atoms with Crippen LogP contribution in [0.1, 0.15) is 129 Å². The highest BCUT2D eigenvalue weighted by Crippen LogP contribution is 2.37. The minimum atomic E-state index is -0.808. The number of halogens is 1. The van der Waals surface area contributed by atoms with E-state index in [1.54, 1.807) is 31.6 Å². The largest absolute Gasteiger partial charge is 0.493 e. The third-order valence-electron chi connectivity index (χ3n) is 24.9. The van der Waals surface area contributed by atoms with Crippen LogP contribution >= 0.6 is 11.6 Å². The number of hydrogen-bond acceptors (Lipinski definition) is 22. The first kappa shape index (κ1) is 105. The molecule has 0 aliphatic carbocycles. The number of aromatic nitrogens is 12. The highest BCUT2D eigenvalue weighted by Gasteiger charge is 2.22. The molecule has 0 saturated heterocycles. The summed E-state index contributed by atoms with van der Waals surface area (Å²) in [4.78, 5) is 78.6. The summed E-state index contributed by atoms with van der Waals surface area (Å²) in [5.74, 6) is 10.00. The standard InChI is InChI=1S/C25H27N3O3.C24H23ClN2O3.C24H24N2O4.C23H23N3O3.C23H22N2O4/c1-18(29)9-7-15-28-23-13-6-14-24(21(23)17-26-28)30-16-8-12-22-19(2)31-25(27-22)20-10-4-3-5-11-20;1-16(28)11-13-27-15-19(25)23-21(27)9-6-10-22(23)29-14-12-20-17(2)30-24(26-20)18-7-4-3-5-8-18;1-17-21(25-24(30-17)19-6-3-2-4-7-19)12-15-29-20-10-9-18-11-14-26(22(18)16-20)13-5-8-23(27)28;1-16(27)15-26-21-11-6-12-22(19(21)14-24-26)28-13-7-10-20-17(2)29-23(25-20)18-8-4-3-5-9-18;1-16-20(24-23(29-16)18-5-3-2-4-6-18)11-14-28-19-8-7-17-9-12-25(21(17)15-19)13-10-22(26)27/h3-6,10-11,13-14,17H,7-9,12,15-16H2,1-2H3;3-10,15H,11-14H2,1-2H3;2-4,6-7,9-11,14,16H,5,8,12-13,15H2,1H3,(H,27,28);3-6,8-9,11-12,14H,7,10,13,15H2,1-2H3;2-9,12,15H,10-11,13-14H2,1H3,(H,26,27). The number of nitrogens with zero attached hydrogens (tertiary/aromatic N) is 12. The summed E-state index contributed by atoms with van der Waals surface area (Å²) in [5.41, 5.74) is 14.3. The molecule has 0 fully saturated rings. The van der Waals surface area contributed by atoms with Crippen molar-refractivity contribution >= 4 is 95.4 Å². The van der Waals surface area contributed by atoms with Crippen molar-refractivity contribution < 1.29 is 80.0 Å². The summed E-state index contributed by atoms with van der Waals surface area (Å²) in [6, 6.07) is 82.8. The van der Waals surface area contributed by atoms with Gasteiger partial charge in [0, 0.05) is 123 Å². The maximum absolute atomic E-state index is 11.4.